The molecule has 0 rings (SSSR count). The van der Waals surface area contributed by atoms with Gasteiger partial charge in [-0.3, -0.25) is 0 Å². The molecule has 4 heteroatoms. The van der Waals surface area contributed by atoms with E-state index in [4.69, 9.17) is 10.5 Å². The first-order valence-corrected chi connectivity index (χ1v) is 2.65. The Balaban J connectivity index is 3.37. The highest BCUT2D eigenvalue weighted by Gasteiger charge is 2.00. The van der Waals surface area contributed by atoms with Crippen molar-refractivity contribution >= 4 is 12.3 Å². The molecule has 3 N–H and O–H groups in total. The zero-order valence-corrected chi connectivity index (χ0v) is 5.22. The third-order valence-corrected chi connectivity index (χ3v) is 0.841. The van der Waals surface area contributed by atoms with Crippen molar-refractivity contribution in [3.8, 4) is 0 Å². The second-order valence-corrected chi connectivity index (χ2v) is 1.79. The molecule has 0 aromatic carbocycles. The molecule has 52 valence electrons. The molecule has 0 aliphatic heterocycles. The molecule has 0 saturated carbocycles. The SMILES string of the molecule is C[C@H](CC=N)NC(=O)O. The van der Waals surface area contributed by atoms with Gasteiger partial charge in [-0.05, 0) is 13.1 Å². The molecule has 0 fully saturated rings. The molecule has 1 atom stereocenters. The molecule has 1 amide bonds. The average Bonchev–Trinajstić information content (AvgIpc) is 1.63. The molecule has 0 aliphatic carbocycles. The van der Waals surface area contributed by atoms with E-state index in [1.165, 1.54) is 6.21 Å². The van der Waals surface area contributed by atoms with Gasteiger partial charge in [0.1, 0.15) is 0 Å². The van der Waals surface area contributed by atoms with Crippen molar-refractivity contribution in [2.24, 2.45) is 0 Å². The lowest BCUT2D eigenvalue weighted by Gasteiger charge is -2.05. The van der Waals surface area contributed by atoms with E-state index in [1.807, 2.05) is 0 Å². The van der Waals surface area contributed by atoms with Crippen LogP contribution in [0, 0.1) is 5.41 Å². The first kappa shape index (κ1) is 7.94. The van der Waals surface area contributed by atoms with Crippen molar-refractivity contribution in [2.45, 2.75) is 19.4 Å². The summed E-state index contributed by atoms with van der Waals surface area (Å²) in [5, 5.41) is 17.0. The average molecular weight is 130 g/mol. The number of nitrogens with one attached hydrogen (secondary N) is 2. The van der Waals surface area contributed by atoms with Crippen molar-refractivity contribution < 1.29 is 9.90 Å². The van der Waals surface area contributed by atoms with Gasteiger partial charge in [0.05, 0.1) is 0 Å². The maximum Gasteiger partial charge on any atom is 0.404 e. The zero-order valence-electron chi connectivity index (χ0n) is 5.22. The molecular formula is C5H10N2O2. The molecule has 0 radical (unpaired) electrons. The fourth-order valence-corrected chi connectivity index (χ4v) is 0.446. The van der Waals surface area contributed by atoms with E-state index >= 15 is 0 Å². The number of hydrogen-bond donors (Lipinski definition) is 3. The number of carbonyl (C=O) groups is 1. The first-order chi connectivity index (χ1) is 4.16. The van der Waals surface area contributed by atoms with Crippen LogP contribution in [0.4, 0.5) is 4.79 Å². The van der Waals surface area contributed by atoms with E-state index in [1.54, 1.807) is 6.92 Å². The number of rotatable bonds is 3. The van der Waals surface area contributed by atoms with Crippen LogP contribution < -0.4 is 5.32 Å². The van der Waals surface area contributed by atoms with Gasteiger partial charge in [0.25, 0.3) is 0 Å². The van der Waals surface area contributed by atoms with Crippen molar-refractivity contribution in [2.75, 3.05) is 0 Å². The Hall–Kier alpha value is -1.06. The van der Waals surface area contributed by atoms with Crippen LogP contribution in [-0.2, 0) is 0 Å². The summed E-state index contributed by atoms with van der Waals surface area (Å²) in [4.78, 5) is 9.90. The van der Waals surface area contributed by atoms with Gasteiger partial charge in [0.2, 0.25) is 0 Å². The van der Waals surface area contributed by atoms with Gasteiger partial charge in [-0.2, -0.15) is 0 Å². The van der Waals surface area contributed by atoms with E-state index in [9.17, 15) is 4.79 Å². The number of hydrogen-bond acceptors (Lipinski definition) is 2. The normalized spacial score (nSPS) is 12.1. The fraction of sp³-hybridized carbons (Fsp3) is 0.600. The Labute approximate surface area is 53.4 Å². The maximum absolute atomic E-state index is 9.90. The van der Waals surface area contributed by atoms with Gasteiger partial charge in [-0.1, -0.05) is 0 Å². The standard InChI is InChI=1S/C5H10N2O2/c1-4(2-3-6)7-5(8)9/h3-4,6-7H,2H2,1H3,(H,8,9)/t4-/m1/s1. The van der Waals surface area contributed by atoms with Gasteiger partial charge in [0, 0.05) is 12.5 Å². The number of carboxylic acid groups (broad SMARTS) is 1. The van der Waals surface area contributed by atoms with E-state index in [2.05, 4.69) is 5.32 Å². The van der Waals surface area contributed by atoms with Crippen LogP contribution in [0.5, 0.6) is 0 Å². The van der Waals surface area contributed by atoms with E-state index in [0.717, 1.165) is 0 Å². The van der Waals surface area contributed by atoms with Gasteiger partial charge in [0.15, 0.2) is 0 Å². The highest BCUT2D eigenvalue weighted by Crippen LogP contribution is 1.84. The summed E-state index contributed by atoms with van der Waals surface area (Å²) in [7, 11) is 0. The van der Waals surface area contributed by atoms with Gasteiger partial charge < -0.3 is 15.8 Å². The molecular weight excluding hydrogens is 120 g/mol. The highest BCUT2D eigenvalue weighted by molar-refractivity contribution is 5.65. The zero-order chi connectivity index (χ0) is 7.28. The van der Waals surface area contributed by atoms with E-state index in [0.29, 0.717) is 6.42 Å². The topological polar surface area (TPSA) is 73.2 Å². The van der Waals surface area contributed by atoms with E-state index < -0.39 is 6.09 Å². The van der Waals surface area contributed by atoms with Crippen LogP contribution in [0.1, 0.15) is 13.3 Å². The molecule has 0 saturated heterocycles. The summed E-state index contributed by atoms with van der Waals surface area (Å²) in [6.45, 7) is 1.71. The Morgan fingerprint density at radius 1 is 2.00 bits per heavy atom. The second kappa shape index (κ2) is 3.88. The summed E-state index contributed by atoms with van der Waals surface area (Å²) < 4.78 is 0. The van der Waals surface area contributed by atoms with Crippen LogP contribution in [0.15, 0.2) is 0 Å². The van der Waals surface area contributed by atoms with Crippen LogP contribution in [0.2, 0.25) is 0 Å². The van der Waals surface area contributed by atoms with Gasteiger partial charge in [-0.25, -0.2) is 4.79 Å². The lowest BCUT2D eigenvalue weighted by Crippen LogP contribution is -2.30. The summed E-state index contributed by atoms with van der Waals surface area (Å²) in [5.41, 5.74) is 0. The summed E-state index contributed by atoms with van der Waals surface area (Å²) in [6, 6.07) is -0.153. The number of amides is 1. The summed E-state index contributed by atoms with van der Waals surface area (Å²) in [6.07, 6.45) is 0.594. The molecule has 0 aromatic heterocycles. The molecule has 4 nitrogen and oxygen atoms in total. The Morgan fingerprint density at radius 2 is 2.56 bits per heavy atom. The fourth-order valence-electron chi connectivity index (χ4n) is 0.446. The largest absolute Gasteiger partial charge is 0.465 e. The third-order valence-electron chi connectivity index (χ3n) is 0.841. The molecule has 9 heavy (non-hydrogen) atoms. The molecule has 0 bridgehead atoms. The van der Waals surface area contributed by atoms with Crippen LogP contribution in [0.25, 0.3) is 0 Å². The van der Waals surface area contributed by atoms with Gasteiger partial charge in [-0.15, -0.1) is 0 Å². The lowest BCUT2D eigenvalue weighted by molar-refractivity contribution is 0.191. The van der Waals surface area contributed by atoms with Crippen molar-refractivity contribution in [3.05, 3.63) is 0 Å². The Morgan fingerprint density at radius 3 is 2.89 bits per heavy atom. The predicted molar refractivity (Wildman–Crippen MR) is 34.0 cm³/mol. The van der Waals surface area contributed by atoms with Crippen LogP contribution >= 0.6 is 0 Å². The Kier molecular flexibility index (Phi) is 3.43. The minimum absolute atomic E-state index is 0.153. The summed E-state index contributed by atoms with van der Waals surface area (Å²) >= 11 is 0. The van der Waals surface area contributed by atoms with Crippen LogP contribution in [-0.4, -0.2) is 23.5 Å². The first-order valence-electron chi connectivity index (χ1n) is 2.65. The van der Waals surface area contributed by atoms with Crippen molar-refractivity contribution in [1.82, 2.24) is 5.32 Å². The van der Waals surface area contributed by atoms with E-state index in [-0.39, 0.29) is 6.04 Å². The third kappa shape index (κ3) is 4.80. The van der Waals surface area contributed by atoms with Crippen LogP contribution in [0.3, 0.4) is 0 Å². The van der Waals surface area contributed by atoms with Gasteiger partial charge >= 0.3 is 6.09 Å². The minimum Gasteiger partial charge on any atom is -0.465 e. The monoisotopic (exact) mass is 130 g/mol. The smallest absolute Gasteiger partial charge is 0.404 e. The quantitative estimate of drug-likeness (QED) is 0.491. The molecule has 0 heterocycles. The highest BCUT2D eigenvalue weighted by atomic mass is 16.4. The predicted octanol–water partition coefficient (Wildman–Crippen LogP) is 0.682. The molecule has 0 aromatic rings. The molecule has 0 unspecified atom stereocenters. The maximum atomic E-state index is 9.90. The Bertz CT molecular complexity index is 114. The molecule has 0 spiro atoms. The lowest BCUT2D eigenvalue weighted by atomic mass is 10.2. The second-order valence-electron chi connectivity index (χ2n) is 1.79. The molecule has 0 aliphatic rings. The van der Waals surface area contributed by atoms with Crippen molar-refractivity contribution in [1.29, 1.82) is 5.41 Å². The summed E-state index contributed by atoms with van der Waals surface area (Å²) in [5.74, 6) is 0. The van der Waals surface area contributed by atoms with Crippen molar-refractivity contribution in [3.63, 3.8) is 0 Å². The minimum atomic E-state index is -1.04.